The topological polar surface area (TPSA) is 106 Å². The van der Waals surface area contributed by atoms with E-state index in [1.165, 1.54) is 13.3 Å². The monoisotopic (exact) mass is 375 g/mol. The van der Waals surface area contributed by atoms with Gasteiger partial charge in [0, 0.05) is 24.0 Å². The number of imidazole rings is 1. The summed E-state index contributed by atoms with van der Waals surface area (Å²) in [5.74, 6) is 0.997. The molecule has 0 saturated heterocycles. The van der Waals surface area contributed by atoms with Gasteiger partial charge in [-0.2, -0.15) is 5.10 Å². The van der Waals surface area contributed by atoms with Crippen molar-refractivity contribution in [2.45, 2.75) is 0 Å². The lowest BCUT2D eigenvalue weighted by atomic mass is 10.1. The van der Waals surface area contributed by atoms with Crippen molar-refractivity contribution < 1.29 is 14.3 Å². The number of carbonyl (C=O) groups excluding carboxylic acids is 1. The highest BCUT2D eigenvalue weighted by molar-refractivity contribution is 5.90. The minimum atomic E-state index is -0.426. The van der Waals surface area contributed by atoms with Crippen LogP contribution in [0.1, 0.15) is 21.5 Å². The van der Waals surface area contributed by atoms with Gasteiger partial charge in [-0.1, -0.05) is 12.2 Å². The number of pyridine rings is 1. The standard InChI is InChI=1S/C20H17N5O3/c1-27-15-5-6-16-17(8-15)24-19(23-16)18-13(11-22-25-18)4-3-12-7-14(10-21-9-12)20(26)28-2/h3-11H,1-2H3,(H,22,25)(H,23,24)/b4-3+. The van der Waals surface area contributed by atoms with Crippen molar-refractivity contribution in [3.63, 3.8) is 0 Å². The zero-order valence-corrected chi connectivity index (χ0v) is 15.3. The molecule has 0 bridgehead atoms. The SMILES string of the molecule is COC(=O)c1cncc(/C=C/c2cn[nH]c2-c2nc3ccc(OC)cc3[nH]2)c1. The lowest BCUT2D eigenvalue weighted by Crippen LogP contribution is -2.01. The Kier molecular flexibility index (Phi) is 4.59. The molecule has 0 atom stereocenters. The van der Waals surface area contributed by atoms with E-state index >= 15 is 0 Å². The summed E-state index contributed by atoms with van der Waals surface area (Å²) in [5, 5.41) is 7.09. The van der Waals surface area contributed by atoms with Crippen LogP contribution in [0.3, 0.4) is 0 Å². The van der Waals surface area contributed by atoms with Gasteiger partial charge < -0.3 is 14.5 Å². The van der Waals surface area contributed by atoms with Crippen LogP contribution in [-0.2, 0) is 4.74 Å². The van der Waals surface area contributed by atoms with E-state index in [9.17, 15) is 4.79 Å². The molecule has 140 valence electrons. The van der Waals surface area contributed by atoms with Gasteiger partial charge in [-0.05, 0) is 23.8 Å². The first-order valence-corrected chi connectivity index (χ1v) is 8.47. The Balaban J connectivity index is 1.65. The number of nitrogens with zero attached hydrogens (tertiary/aromatic N) is 3. The number of ether oxygens (including phenoxy) is 2. The molecule has 0 aliphatic heterocycles. The first-order valence-electron chi connectivity index (χ1n) is 8.47. The molecule has 0 unspecified atom stereocenters. The Morgan fingerprint density at radius 2 is 2.00 bits per heavy atom. The molecule has 0 aliphatic rings. The molecular formula is C20H17N5O3. The van der Waals surface area contributed by atoms with Gasteiger partial charge in [0.2, 0.25) is 0 Å². The van der Waals surface area contributed by atoms with E-state index in [0.717, 1.165) is 33.6 Å². The Hall–Kier alpha value is -3.94. The lowest BCUT2D eigenvalue weighted by Gasteiger charge is -1.99. The lowest BCUT2D eigenvalue weighted by molar-refractivity contribution is 0.0600. The Morgan fingerprint density at radius 3 is 2.82 bits per heavy atom. The number of hydrogen-bond donors (Lipinski definition) is 2. The van der Waals surface area contributed by atoms with E-state index in [2.05, 4.69) is 25.1 Å². The average Bonchev–Trinajstić information content (AvgIpc) is 3.37. The molecular weight excluding hydrogens is 358 g/mol. The second kappa shape index (κ2) is 7.36. The predicted octanol–water partition coefficient (Wildman–Crippen LogP) is 3.31. The molecule has 2 N–H and O–H groups in total. The number of hydrogen-bond acceptors (Lipinski definition) is 6. The summed E-state index contributed by atoms with van der Waals surface area (Å²) in [6.45, 7) is 0. The molecule has 3 aromatic heterocycles. The number of benzene rings is 1. The molecule has 28 heavy (non-hydrogen) atoms. The normalized spacial score (nSPS) is 11.2. The van der Waals surface area contributed by atoms with Crippen LogP contribution in [0.15, 0.2) is 42.9 Å². The Labute approximate surface area is 160 Å². The maximum atomic E-state index is 11.6. The molecule has 0 saturated carbocycles. The van der Waals surface area contributed by atoms with Crippen molar-refractivity contribution in [3.8, 4) is 17.3 Å². The maximum Gasteiger partial charge on any atom is 0.339 e. The van der Waals surface area contributed by atoms with Crippen LogP contribution in [0.25, 0.3) is 34.7 Å². The zero-order valence-electron chi connectivity index (χ0n) is 15.3. The molecule has 4 rings (SSSR count). The largest absolute Gasteiger partial charge is 0.497 e. The van der Waals surface area contributed by atoms with E-state index in [-0.39, 0.29) is 0 Å². The number of H-pyrrole nitrogens is 2. The summed E-state index contributed by atoms with van der Waals surface area (Å²) < 4.78 is 9.97. The molecule has 0 amide bonds. The summed E-state index contributed by atoms with van der Waals surface area (Å²) in [5.41, 5.74) is 4.45. The van der Waals surface area contributed by atoms with Crippen molar-refractivity contribution in [3.05, 3.63) is 59.5 Å². The molecule has 3 heterocycles. The zero-order chi connectivity index (χ0) is 19.5. The summed E-state index contributed by atoms with van der Waals surface area (Å²) in [6.07, 6.45) is 8.56. The second-order valence-corrected chi connectivity index (χ2v) is 6.00. The number of rotatable bonds is 5. The number of aromatic amines is 2. The van der Waals surface area contributed by atoms with Crippen LogP contribution >= 0.6 is 0 Å². The van der Waals surface area contributed by atoms with Gasteiger partial charge in [0.25, 0.3) is 0 Å². The molecule has 0 spiro atoms. The average molecular weight is 375 g/mol. The maximum absolute atomic E-state index is 11.6. The number of nitrogens with one attached hydrogen (secondary N) is 2. The third kappa shape index (κ3) is 3.35. The van der Waals surface area contributed by atoms with Gasteiger partial charge in [-0.3, -0.25) is 10.1 Å². The third-order valence-electron chi connectivity index (χ3n) is 4.23. The molecule has 0 fully saturated rings. The first-order chi connectivity index (χ1) is 13.7. The van der Waals surface area contributed by atoms with Gasteiger partial charge in [0.05, 0.1) is 37.0 Å². The minimum absolute atomic E-state index is 0.392. The summed E-state index contributed by atoms with van der Waals surface area (Å²) in [4.78, 5) is 23.6. The van der Waals surface area contributed by atoms with Gasteiger partial charge in [0.15, 0.2) is 5.82 Å². The molecule has 0 radical (unpaired) electrons. The highest BCUT2D eigenvalue weighted by Gasteiger charge is 2.11. The van der Waals surface area contributed by atoms with Gasteiger partial charge in [-0.25, -0.2) is 9.78 Å². The van der Waals surface area contributed by atoms with Crippen LogP contribution in [0.5, 0.6) is 5.75 Å². The molecule has 4 aromatic rings. The number of fused-ring (bicyclic) bond motifs is 1. The van der Waals surface area contributed by atoms with Crippen LogP contribution in [0.4, 0.5) is 0 Å². The Bertz CT molecular complexity index is 1180. The summed E-state index contributed by atoms with van der Waals surface area (Å²) in [6, 6.07) is 7.36. The fraction of sp³-hybridized carbons (Fsp3) is 0.100. The smallest absolute Gasteiger partial charge is 0.339 e. The van der Waals surface area contributed by atoms with Crippen LogP contribution in [0.2, 0.25) is 0 Å². The third-order valence-corrected chi connectivity index (χ3v) is 4.23. The highest BCUT2D eigenvalue weighted by Crippen LogP contribution is 2.25. The Morgan fingerprint density at radius 1 is 1.11 bits per heavy atom. The number of carbonyl (C=O) groups is 1. The number of esters is 1. The van der Waals surface area contributed by atoms with E-state index in [1.54, 1.807) is 25.6 Å². The number of methoxy groups -OCH3 is 2. The predicted molar refractivity (Wildman–Crippen MR) is 105 cm³/mol. The molecule has 8 heteroatoms. The molecule has 8 nitrogen and oxygen atoms in total. The molecule has 0 aliphatic carbocycles. The van der Waals surface area contributed by atoms with E-state index in [4.69, 9.17) is 9.47 Å². The van der Waals surface area contributed by atoms with Crippen LogP contribution in [-0.4, -0.2) is 45.3 Å². The summed E-state index contributed by atoms with van der Waals surface area (Å²) in [7, 11) is 2.96. The van der Waals surface area contributed by atoms with Crippen molar-refractivity contribution in [2.24, 2.45) is 0 Å². The van der Waals surface area contributed by atoms with Crippen molar-refractivity contribution >= 4 is 29.2 Å². The van der Waals surface area contributed by atoms with Crippen molar-refractivity contribution in [2.75, 3.05) is 14.2 Å². The first kappa shape index (κ1) is 17.5. The second-order valence-electron chi connectivity index (χ2n) is 6.00. The van der Waals surface area contributed by atoms with Crippen LogP contribution < -0.4 is 4.74 Å². The van der Waals surface area contributed by atoms with Gasteiger partial charge >= 0.3 is 5.97 Å². The minimum Gasteiger partial charge on any atom is -0.497 e. The van der Waals surface area contributed by atoms with E-state index in [0.29, 0.717) is 11.4 Å². The number of aromatic nitrogens is 5. The van der Waals surface area contributed by atoms with Crippen LogP contribution in [0, 0.1) is 0 Å². The summed E-state index contributed by atoms with van der Waals surface area (Å²) >= 11 is 0. The van der Waals surface area contributed by atoms with Crippen molar-refractivity contribution in [1.82, 2.24) is 25.1 Å². The quantitative estimate of drug-likeness (QED) is 0.519. The van der Waals surface area contributed by atoms with E-state index < -0.39 is 5.97 Å². The van der Waals surface area contributed by atoms with Gasteiger partial charge in [-0.15, -0.1) is 0 Å². The van der Waals surface area contributed by atoms with Crippen molar-refractivity contribution in [1.29, 1.82) is 0 Å². The fourth-order valence-corrected chi connectivity index (χ4v) is 2.81. The fourth-order valence-electron chi connectivity index (χ4n) is 2.81. The van der Waals surface area contributed by atoms with Gasteiger partial charge in [0.1, 0.15) is 11.4 Å². The van der Waals surface area contributed by atoms with E-state index in [1.807, 2.05) is 30.4 Å². The highest BCUT2D eigenvalue weighted by atomic mass is 16.5. The molecule has 1 aromatic carbocycles.